The van der Waals surface area contributed by atoms with Crippen molar-refractivity contribution in [1.29, 1.82) is 0 Å². The molecule has 0 saturated carbocycles. The molecule has 0 fully saturated rings. The molecule has 0 atom stereocenters. The molecule has 136 valence electrons. The monoisotopic (exact) mass is 351 g/mol. The molecule has 1 heterocycles. The summed E-state index contributed by atoms with van der Waals surface area (Å²) in [4.78, 5) is 6.81. The van der Waals surface area contributed by atoms with Crippen LogP contribution in [0.5, 0.6) is 5.75 Å². The van der Waals surface area contributed by atoms with Crippen LogP contribution < -0.4 is 4.74 Å². The molecule has 0 N–H and O–H groups in total. The number of benzene rings is 2. The molecule has 3 aromatic rings. The van der Waals surface area contributed by atoms with Crippen molar-refractivity contribution < 1.29 is 9.26 Å². The SMILES string of the molecule is CCCCN(Cc1ccccc1)Cc1nc(COc2ccccc2)no1. The van der Waals surface area contributed by atoms with Gasteiger partial charge in [0, 0.05) is 6.54 Å². The van der Waals surface area contributed by atoms with Crippen LogP contribution in [0.4, 0.5) is 0 Å². The van der Waals surface area contributed by atoms with Crippen LogP contribution in [0.15, 0.2) is 65.2 Å². The van der Waals surface area contributed by atoms with Gasteiger partial charge in [0.25, 0.3) is 0 Å². The summed E-state index contributed by atoms with van der Waals surface area (Å²) >= 11 is 0. The van der Waals surface area contributed by atoms with Crippen molar-refractivity contribution in [1.82, 2.24) is 15.0 Å². The molecule has 2 aromatic carbocycles. The summed E-state index contributed by atoms with van der Waals surface area (Å²) < 4.78 is 11.1. The van der Waals surface area contributed by atoms with E-state index in [1.807, 2.05) is 36.4 Å². The van der Waals surface area contributed by atoms with Crippen LogP contribution in [-0.2, 0) is 19.7 Å². The lowest BCUT2D eigenvalue weighted by Crippen LogP contribution is -2.24. The van der Waals surface area contributed by atoms with E-state index < -0.39 is 0 Å². The average Bonchev–Trinajstić information content (AvgIpc) is 3.13. The van der Waals surface area contributed by atoms with Crippen molar-refractivity contribution in [3.63, 3.8) is 0 Å². The van der Waals surface area contributed by atoms with Crippen molar-refractivity contribution >= 4 is 0 Å². The van der Waals surface area contributed by atoms with Crippen LogP contribution in [0.25, 0.3) is 0 Å². The largest absolute Gasteiger partial charge is 0.485 e. The fourth-order valence-corrected chi connectivity index (χ4v) is 2.71. The highest BCUT2D eigenvalue weighted by molar-refractivity contribution is 5.21. The third kappa shape index (κ3) is 5.70. The fraction of sp³-hybridized carbons (Fsp3) is 0.333. The molecular formula is C21H25N3O2. The van der Waals surface area contributed by atoms with Gasteiger partial charge in [-0.15, -0.1) is 0 Å². The second kappa shape index (κ2) is 9.73. The molecule has 26 heavy (non-hydrogen) atoms. The number of unbranched alkanes of at least 4 members (excludes halogenated alkanes) is 1. The zero-order chi connectivity index (χ0) is 18.0. The highest BCUT2D eigenvalue weighted by Gasteiger charge is 2.13. The first kappa shape index (κ1) is 18.1. The van der Waals surface area contributed by atoms with Crippen molar-refractivity contribution in [2.45, 2.75) is 39.5 Å². The molecule has 0 radical (unpaired) electrons. The lowest BCUT2D eigenvalue weighted by atomic mass is 10.2. The van der Waals surface area contributed by atoms with Gasteiger partial charge >= 0.3 is 0 Å². The lowest BCUT2D eigenvalue weighted by Gasteiger charge is -2.20. The minimum absolute atomic E-state index is 0.307. The van der Waals surface area contributed by atoms with E-state index in [9.17, 15) is 0 Å². The Bertz CT molecular complexity index is 759. The highest BCUT2D eigenvalue weighted by Crippen LogP contribution is 2.13. The minimum atomic E-state index is 0.307. The number of rotatable bonds is 10. The Kier molecular flexibility index (Phi) is 6.79. The maximum atomic E-state index is 5.67. The third-order valence-electron chi connectivity index (χ3n) is 4.06. The van der Waals surface area contributed by atoms with Gasteiger partial charge in [0.1, 0.15) is 5.75 Å². The number of hydrogen-bond acceptors (Lipinski definition) is 5. The van der Waals surface area contributed by atoms with Gasteiger partial charge in [-0.25, -0.2) is 0 Å². The lowest BCUT2D eigenvalue weighted by molar-refractivity contribution is 0.215. The number of nitrogens with zero attached hydrogens (tertiary/aromatic N) is 3. The molecule has 3 rings (SSSR count). The molecule has 0 amide bonds. The third-order valence-corrected chi connectivity index (χ3v) is 4.06. The predicted octanol–water partition coefficient (Wildman–Crippen LogP) is 4.45. The maximum absolute atomic E-state index is 5.67. The van der Waals surface area contributed by atoms with E-state index in [1.165, 1.54) is 5.56 Å². The number of aromatic nitrogens is 2. The Morgan fingerprint density at radius 3 is 2.42 bits per heavy atom. The van der Waals surface area contributed by atoms with E-state index in [0.717, 1.165) is 31.7 Å². The Morgan fingerprint density at radius 2 is 1.69 bits per heavy atom. The molecule has 0 bridgehead atoms. The topological polar surface area (TPSA) is 51.4 Å². The van der Waals surface area contributed by atoms with Crippen LogP contribution in [0.1, 0.15) is 37.0 Å². The quantitative estimate of drug-likeness (QED) is 0.540. The minimum Gasteiger partial charge on any atom is -0.485 e. The van der Waals surface area contributed by atoms with Crippen LogP contribution in [0, 0.1) is 0 Å². The average molecular weight is 351 g/mol. The number of para-hydroxylation sites is 1. The normalized spacial score (nSPS) is 11.0. The van der Waals surface area contributed by atoms with Crippen molar-refractivity contribution in [3.8, 4) is 5.75 Å². The van der Waals surface area contributed by atoms with Gasteiger partial charge in [-0.2, -0.15) is 4.98 Å². The highest BCUT2D eigenvalue weighted by atomic mass is 16.5. The first-order valence-electron chi connectivity index (χ1n) is 9.09. The molecule has 5 heteroatoms. The maximum Gasteiger partial charge on any atom is 0.240 e. The van der Waals surface area contributed by atoms with Gasteiger partial charge in [-0.3, -0.25) is 4.90 Å². The second-order valence-electron chi connectivity index (χ2n) is 6.26. The zero-order valence-corrected chi connectivity index (χ0v) is 15.2. The molecule has 0 aliphatic carbocycles. The fourth-order valence-electron chi connectivity index (χ4n) is 2.71. The number of hydrogen-bond donors (Lipinski definition) is 0. The van der Waals surface area contributed by atoms with Gasteiger partial charge < -0.3 is 9.26 Å². The van der Waals surface area contributed by atoms with Gasteiger partial charge in [0.2, 0.25) is 11.7 Å². The van der Waals surface area contributed by atoms with E-state index >= 15 is 0 Å². The Labute approximate surface area is 154 Å². The van der Waals surface area contributed by atoms with Gasteiger partial charge in [-0.05, 0) is 30.7 Å². The van der Waals surface area contributed by atoms with Gasteiger partial charge in [-0.1, -0.05) is 67.0 Å². The summed E-state index contributed by atoms with van der Waals surface area (Å²) in [5, 5.41) is 4.03. The van der Waals surface area contributed by atoms with E-state index in [2.05, 4.69) is 46.2 Å². The number of ether oxygens (including phenoxy) is 1. The molecule has 0 unspecified atom stereocenters. The van der Waals surface area contributed by atoms with E-state index in [-0.39, 0.29) is 0 Å². The van der Waals surface area contributed by atoms with E-state index in [0.29, 0.717) is 24.9 Å². The molecule has 0 aliphatic rings. The molecule has 1 aromatic heterocycles. The summed E-state index contributed by atoms with van der Waals surface area (Å²) in [7, 11) is 0. The van der Waals surface area contributed by atoms with E-state index in [1.54, 1.807) is 0 Å². The first-order valence-corrected chi connectivity index (χ1v) is 9.09. The van der Waals surface area contributed by atoms with Crippen LogP contribution in [0.3, 0.4) is 0 Å². The summed E-state index contributed by atoms with van der Waals surface area (Å²) in [5.41, 5.74) is 1.29. The molecule has 0 saturated heterocycles. The van der Waals surface area contributed by atoms with Crippen LogP contribution >= 0.6 is 0 Å². The second-order valence-corrected chi connectivity index (χ2v) is 6.26. The zero-order valence-electron chi connectivity index (χ0n) is 15.2. The standard InChI is InChI=1S/C21H25N3O2/c1-2-3-14-24(15-18-10-6-4-7-11-18)16-21-22-20(23-26-21)17-25-19-12-8-5-9-13-19/h4-13H,2-3,14-17H2,1H3. The molecule has 5 nitrogen and oxygen atoms in total. The van der Waals surface area contributed by atoms with Gasteiger partial charge in [0.15, 0.2) is 6.61 Å². The van der Waals surface area contributed by atoms with Crippen LogP contribution in [0.2, 0.25) is 0 Å². The summed E-state index contributed by atoms with van der Waals surface area (Å²) in [6, 6.07) is 20.1. The smallest absolute Gasteiger partial charge is 0.240 e. The predicted molar refractivity (Wildman–Crippen MR) is 101 cm³/mol. The molecule has 0 spiro atoms. The van der Waals surface area contributed by atoms with E-state index in [4.69, 9.17) is 9.26 Å². The van der Waals surface area contributed by atoms with Crippen molar-refractivity contribution in [2.24, 2.45) is 0 Å². The van der Waals surface area contributed by atoms with Crippen molar-refractivity contribution in [3.05, 3.63) is 77.9 Å². The molecule has 0 aliphatic heterocycles. The van der Waals surface area contributed by atoms with Crippen molar-refractivity contribution in [2.75, 3.05) is 6.54 Å². The summed E-state index contributed by atoms with van der Waals surface area (Å²) in [6.45, 7) is 5.03. The van der Waals surface area contributed by atoms with Gasteiger partial charge in [0.05, 0.1) is 6.54 Å². The first-order chi connectivity index (χ1) is 12.8. The Hall–Kier alpha value is -2.66. The Morgan fingerprint density at radius 1 is 0.962 bits per heavy atom. The summed E-state index contributed by atoms with van der Waals surface area (Å²) in [5.74, 6) is 2.00. The summed E-state index contributed by atoms with van der Waals surface area (Å²) in [6.07, 6.45) is 2.30. The molecular weight excluding hydrogens is 326 g/mol. The Balaban J connectivity index is 1.57. The van der Waals surface area contributed by atoms with Crippen LogP contribution in [-0.4, -0.2) is 21.6 Å².